The molecule has 2 rings (SSSR count). The molecule has 1 aliphatic rings. The van der Waals surface area contributed by atoms with Crippen LogP contribution in [0.15, 0.2) is 18.2 Å². The molecule has 0 aromatic heterocycles. The Hall–Kier alpha value is -1.36. The quantitative estimate of drug-likeness (QED) is 0.263. The lowest BCUT2D eigenvalue weighted by Crippen LogP contribution is -2.41. The fourth-order valence-electron chi connectivity index (χ4n) is 2.40. The molecule has 1 aromatic carbocycles. The smallest absolute Gasteiger partial charge is 0.256 e. The number of rotatable bonds is 7. The summed E-state index contributed by atoms with van der Waals surface area (Å²) < 4.78 is 63.8. The fourth-order valence-corrected chi connectivity index (χ4v) is 2.99. The van der Waals surface area contributed by atoms with Gasteiger partial charge in [0.2, 0.25) is 5.91 Å². The maximum atomic E-state index is 14.4. The molecule has 0 bridgehead atoms. The molecule has 1 unspecified atom stereocenters. The predicted octanol–water partition coefficient (Wildman–Crippen LogP) is 3.63. The Morgan fingerprint density at radius 3 is 2.48 bits per heavy atom. The molecule has 1 aliphatic heterocycles. The van der Waals surface area contributed by atoms with Gasteiger partial charge in [-0.15, -0.1) is 0 Å². The van der Waals surface area contributed by atoms with Gasteiger partial charge >= 0.3 is 0 Å². The summed E-state index contributed by atoms with van der Waals surface area (Å²) in [5, 5.41) is 0. The molecule has 0 radical (unpaired) electrons. The van der Waals surface area contributed by atoms with Crippen LogP contribution in [0.1, 0.15) is 12.0 Å². The minimum Gasteiger partial charge on any atom is -0.491 e. The van der Waals surface area contributed by atoms with E-state index in [-0.39, 0.29) is 31.1 Å². The lowest BCUT2D eigenvalue weighted by Gasteiger charge is -2.31. The van der Waals surface area contributed by atoms with Crippen molar-refractivity contribution < 1.29 is 31.8 Å². The number of benzene rings is 1. The Bertz CT molecular complexity index is 646. The van der Waals surface area contributed by atoms with E-state index in [1.807, 2.05) is 22.6 Å². The maximum absolute atomic E-state index is 14.4. The zero-order chi connectivity index (χ0) is 18.6. The monoisotopic (exact) mass is 473 g/mol. The van der Waals surface area contributed by atoms with E-state index in [1.54, 1.807) is 0 Å². The zero-order valence-corrected chi connectivity index (χ0v) is 15.4. The third-order valence-corrected chi connectivity index (χ3v) is 4.53. The van der Waals surface area contributed by atoms with E-state index in [4.69, 9.17) is 9.47 Å². The molecule has 1 aromatic rings. The summed E-state index contributed by atoms with van der Waals surface area (Å²) in [7, 11) is 1.46. The molecule has 0 saturated carbocycles. The van der Waals surface area contributed by atoms with Crippen LogP contribution in [-0.4, -0.2) is 48.0 Å². The van der Waals surface area contributed by atoms with E-state index in [9.17, 15) is 22.4 Å². The number of hydrogen-bond acceptors (Lipinski definition) is 3. The average molecular weight is 473 g/mol. The molecule has 1 atom stereocenters. The molecule has 0 fully saturated rings. The van der Waals surface area contributed by atoms with Crippen molar-refractivity contribution in [3.63, 3.8) is 0 Å². The number of nitrogens with zero attached hydrogens (tertiary/aromatic N) is 1. The predicted molar refractivity (Wildman–Crippen MR) is 91.8 cm³/mol. The summed E-state index contributed by atoms with van der Waals surface area (Å²) in [6.07, 6.45) is -1.22. The highest BCUT2D eigenvalue weighted by atomic mass is 127. The van der Waals surface area contributed by atoms with E-state index in [1.165, 1.54) is 13.2 Å². The van der Waals surface area contributed by atoms with Crippen molar-refractivity contribution in [1.82, 2.24) is 4.90 Å². The summed E-state index contributed by atoms with van der Waals surface area (Å²) in [5.41, 5.74) is -0.701. The molecule has 0 N–H and O–H groups in total. The number of methoxy groups -OCH3 is 1. The Morgan fingerprint density at radius 1 is 1.28 bits per heavy atom. The highest BCUT2D eigenvalue weighted by Crippen LogP contribution is 2.34. The normalized spacial score (nSPS) is 17.9. The molecule has 0 saturated heterocycles. The van der Waals surface area contributed by atoms with Crippen molar-refractivity contribution in [2.45, 2.75) is 16.8 Å². The number of allylic oxidation sites excluding steroid dienone is 1. The van der Waals surface area contributed by atoms with Crippen molar-refractivity contribution in [3.05, 3.63) is 35.4 Å². The van der Waals surface area contributed by atoms with Crippen LogP contribution in [-0.2, 0) is 9.53 Å². The maximum Gasteiger partial charge on any atom is 0.256 e. The van der Waals surface area contributed by atoms with E-state index in [2.05, 4.69) is 0 Å². The van der Waals surface area contributed by atoms with Gasteiger partial charge in [0.1, 0.15) is 24.0 Å². The van der Waals surface area contributed by atoms with Gasteiger partial charge in [-0.1, -0.05) is 28.7 Å². The number of amides is 1. The summed E-state index contributed by atoms with van der Waals surface area (Å²) in [5.74, 6) is -2.63. The molecule has 25 heavy (non-hydrogen) atoms. The second-order valence-electron chi connectivity index (χ2n) is 5.24. The van der Waals surface area contributed by atoms with Crippen molar-refractivity contribution in [2.24, 2.45) is 0 Å². The minimum atomic E-state index is -2.82. The molecule has 1 amide bonds. The highest BCUT2D eigenvalue weighted by Gasteiger charge is 2.33. The lowest BCUT2D eigenvalue weighted by molar-refractivity contribution is -0.128. The second-order valence-corrected chi connectivity index (χ2v) is 6.74. The number of hydrogen-bond donors (Lipinski definition) is 0. The van der Waals surface area contributed by atoms with E-state index < -0.39 is 40.0 Å². The number of carbonyl (C=O) groups is 1. The van der Waals surface area contributed by atoms with Crippen LogP contribution in [0, 0.1) is 11.6 Å². The van der Waals surface area contributed by atoms with Gasteiger partial charge in [-0.2, -0.15) is 0 Å². The third kappa shape index (κ3) is 4.84. The Labute approximate surface area is 155 Å². The minimum absolute atomic E-state index is 0.0503. The first-order chi connectivity index (χ1) is 11.8. The molecule has 138 valence electrons. The van der Waals surface area contributed by atoms with E-state index in [0.29, 0.717) is 0 Å². The first-order valence-corrected chi connectivity index (χ1v) is 8.64. The van der Waals surface area contributed by atoms with Crippen molar-refractivity contribution in [2.75, 3.05) is 26.9 Å². The van der Waals surface area contributed by atoms with Crippen molar-refractivity contribution in [3.8, 4) is 5.75 Å². The Balaban J connectivity index is 2.36. The van der Waals surface area contributed by atoms with Gasteiger partial charge in [0.15, 0.2) is 0 Å². The van der Waals surface area contributed by atoms with Crippen LogP contribution < -0.4 is 4.74 Å². The summed E-state index contributed by atoms with van der Waals surface area (Å²) in [4.78, 5) is 12.9. The fraction of sp³-hybridized carbons (Fsp3) is 0.438. The van der Waals surface area contributed by atoms with Gasteiger partial charge in [0.05, 0.1) is 28.3 Å². The zero-order valence-electron chi connectivity index (χ0n) is 13.3. The van der Waals surface area contributed by atoms with Crippen LogP contribution in [0.5, 0.6) is 5.75 Å². The summed E-state index contributed by atoms with van der Waals surface area (Å²) in [6.45, 7) is -0.580. The molecule has 0 spiro atoms. The molecule has 1 heterocycles. The van der Waals surface area contributed by atoms with Crippen molar-refractivity contribution >= 4 is 34.2 Å². The van der Waals surface area contributed by atoms with Crippen LogP contribution in [0.25, 0.3) is 5.70 Å². The standard InChI is InChI=1S/C16H16F4INO3/c1-24-4-5-25-9-6-10(17)15(11(18)7-9)13-3-2-12(21)16(23)22(13)8-14(19)20/h3,6-7,12,14H,2,4-5,8H2,1H3. The molecular weight excluding hydrogens is 457 g/mol. The van der Waals surface area contributed by atoms with Gasteiger partial charge in [-0.3, -0.25) is 4.79 Å². The average Bonchev–Trinajstić information content (AvgIpc) is 2.53. The van der Waals surface area contributed by atoms with Crippen LogP contribution >= 0.6 is 22.6 Å². The Kier molecular flexibility index (Phi) is 7.05. The summed E-state index contributed by atoms with van der Waals surface area (Å²) >= 11 is 1.82. The number of halogens is 5. The van der Waals surface area contributed by atoms with Gasteiger partial charge in [0, 0.05) is 19.2 Å². The molecule has 4 nitrogen and oxygen atoms in total. The van der Waals surface area contributed by atoms with Gasteiger partial charge in [-0.25, -0.2) is 17.6 Å². The first kappa shape index (κ1) is 20.0. The highest BCUT2D eigenvalue weighted by molar-refractivity contribution is 14.1. The molecular formula is C16H16F4INO3. The summed E-state index contributed by atoms with van der Waals surface area (Å²) in [6, 6.07) is 1.91. The van der Waals surface area contributed by atoms with Gasteiger partial charge in [0.25, 0.3) is 6.43 Å². The molecule has 9 heteroatoms. The van der Waals surface area contributed by atoms with Crippen molar-refractivity contribution in [1.29, 1.82) is 0 Å². The van der Waals surface area contributed by atoms with Crippen LogP contribution in [0.3, 0.4) is 0 Å². The topological polar surface area (TPSA) is 38.8 Å². The Morgan fingerprint density at radius 2 is 1.92 bits per heavy atom. The van der Waals surface area contributed by atoms with Gasteiger partial charge < -0.3 is 14.4 Å². The van der Waals surface area contributed by atoms with Crippen LogP contribution in [0.4, 0.5) is 17.6 Å². The molecule has 0 aliphatic carbocycles. The van der Waals surface area contributed by atoms with Gasteiger partial charge in [-0.05, 0) is 6.42 Å². The first-order valence-electron chi connectivity index (χ1n) is 7.40. The lowest BCUT2D eigenvalue weighted by atomic mass is 10.0. The van der Waals surface area contributed by atoms with E-state index >= 15 is 0 Å². The number of ether oxygens (including phenoxy) is 2. The third-order valence-electron chi connectivity index (χ3n) is 3.49. The SMILES string of the molecule is COCCOc1cc(F)c(C2=CCC(I)C(=O)N2CC(F)F)c(F)c1. The second kappa shape index (κ2) is 8.84. The van der Waals surface area contributed by atoms with Crippen LogP contribution in [0.2, 0.25) is 0 Å². The van der Waals surface area contributed by atoms with E-state index in [0.717, 1.165) is 17.0 Å². The number of carbonyl (C=O) groups excluding carboxylic acids is 1. The number of alkyl halides is 3. The largest absolute Gasteiger partial charge is 0.491 e.